The molecule has 0 aliphatic carbocycles. The van der Waals surface area contributed by atoms with Crippen LogP contribution in [0.2, 0.25) is 0 Å². The van der Waals surface area contributed by atoms with Crippen molar-refractivity contribution in [3.8, 4) is 6.07 Å². The molecular formula is C24H23N3O3S. The van der Waals surface area contributed by atoms with Crippen LogP contribution in [-0.4, -0.2) is 20.6 Å². The lowest BCUT2D eigenvalue weighted by Crippen LogP contribution is -2.29. The Hall–Kier alpha value is -3.63. The Morgan fingerprint density at radius 3 is 2.23 bits per heavy atom. The number of hydrogen-bond acceptors (Lipinski definition) is 4. The van der Waals surface area contributed by atoms with Crippen molar-refractivity contribution in [2.45, 2.75) is 19.9 Å². The fraction of sp³-hybridized carbons (Fsp3) is 0.167. The first kappa shape index (κ1) is 22.1. The minimum Gasteiger partial charge on any atom is -0.322 e. The van der Waals surface area contributed by atoms with Gasteiger partial charge in [0.25, 0.3) is 5.91 Å². The van der Waals surface area contributed by atoms with Gasteiger partial charge in [0.1, 0.15) is 0 Å². The van der Waals surface area contributed by atoms with Gasteiger partial charge in [0.15, 0.2) is 0 Å². The van der Waals surface area contributed by atoms with Crippen molar-refractivity contribution in [1.82, 2.24) is 0 Å². The Morgan fingerprint density at radius 2 is 1.65 bits per heavy atom. The van der Waals surface area contributed by atoms with Crippen molar-refractivity contribution in [2.24, 2.45) is 0 Å². The summed E-state index contributed by atoms with van der Waals surface area (Å²) in [6, 6.07) is 23.2. The minimum atomic E-state index is -3.51. The molecule has 0 heterocycles. The van der Waals surface area contributed by atoms with E-state index in [1.165, 1.54) is 10.6 Å². The van der Waals surface area contributed by atoms with E-state index in [-0.39, 0.29) is 12.5 Å². The summed E-state index contributed by atoms with van der Waals surface area (Å²) in [5, 5.41) is 11.5. The van der Waals surface area contributed by atoms with E-state index in [0.717, 1.165) is 16.7 Å². The van der Waals surface area contributed by atoms with Crippen molar-refractivity contribution in [3.63, 3.8) is 0 Å². The van der Waals surface area contributed by atoms with Gasteiger partial charge in [-0.15, -0.1) is 0 Å². The molecule has 0 unspecified atom stereocenters. The normalized spacial score (nSPS) is 10.9. The van der Waals surface area contributed by atoms with Gasteiger partial charge in [0, 0.05) is 11.3 Å². The summed E-state index contributed by atoms with van der Waals surface area (Å²) in [4.78, 5) is 12.5. The van der Waals surface area contributed by atoms with Crippen LogP contribution in [0.4, 0.5) is 11.4 Å². The number of rotatable bonds is 7. The number of benzene rings is 3. The molecule has 1 amide bonds. The molecule has 3 rings (SSSR count). The van der Waals surface area contributed by atoms with Crippen LogP contribution < -0.4 is 9.62 Å². The van der Waals surface area contributed by atoms with Gasteiger partial charge in [0.2, 0.25) is 10.0 Å². The predicted octanol–water partition coefficient (Wildman–Crippen LogP) is 4.28. The van der Waals surface area contributed by atoms with E-state index in [1.807, 2.05) is 31.2 Å². The first-order valence-corrected chi connectivity index (χ1v) is 11.5. The average Bonchev–Trinajstić information content (AvgIpc) is 2.74. The molecule has 0 aliphatic rings. The Labute approximate surface area is 182 Å². The van der Waals surface area contributed by atoms with Gasteiger partial charge in [-0.3, -0.25) is 9.10 Å². The molecule has 158 valence electrons. The van der Waals surface area contributed by atoms with Gasteiger partial charge in [-0.1, -0.05) is 36.4 Å². The molecule has 0 aliphatic heterocycles. The van der Waals surface area contributed by atoms with Gasteiger partial charge in [0.05, 0.1) is 31.0 Å². The summed E-state index contributed by atoms with van der Waals surface area (Å²) in [5.41, 5.74) is 4.31. The molecule has 0 spiro atoms. The van der Waals surface area contributed by atoms with Gasteiger partial charge in [-0.2, -0.15) is 5.26 Å². The van der Waals surface area contributed by atoms with E-state index >= 15 is 0 Å². The molecule has 0 bridgehead atoms. The standard InChI is InChI=1S/C24H23N3O3S/c1-18-5-3-4-6-21(18)17-27(31(2,29)30)23-13-9-20(10-14-23)24(28)26-22-11-7-19(8-12-22)15-16-25/h3-14H,15,17H2,1-2H3,(H,26,28). The molecule has 0 saturated heterocycles. The number of carbonyl (C=O) groups is 1. The van der Waals surface area contributed by atoms with Crippen molar-refractivity contribution in [1.29, 1.82) is 5.26 Å². The average molecular weight is 434 g/mol. The largest absolute Gasteiger partial charge is 0.322 e. The number of amides is 1. The van der Waals surface area contributed by atoms with E-state index < -0.39 is 10.0 Å². The topological polar surface area (TPSA) is 90.3 Å². The maximum absolute atomic E-state index is 12.5. The van der Waals surface area contributed by atoms with E-state index in [9.17, 15) is 13.2 Å². The minimum absolute atomic E-state index is 0.214. The molecule has 3 aromatic rings. The highest BCUT2D eigenvalue weighted by Gasteiger charge is 2.19. The van der Waals surface area contributed by atoms with Crippen LogP contribution in [0.15, 0.2) is 72.8 Å². The van der Waals surface area contributed by atoms with Crippen LogP contribution >= 0.6 is 0 Å². The van der Waals surface area contributed by atoms with Crippen molar-refractivity contribution in [2.75, 3.05) is 15.9 Å². The van der Waals surface area contributed by atoms with Gasteiger partial charge in [-0.25, -0.2) is 8.42 Å². The van der Waals surface area contributed by atoms with Crippen LogP contribution in [0.25, 0.3) is 0 Å². The summed E-state index contributed by atoms with van der Waals surface area (Å²) in [6.45, 7) is 2.15. The van der Waals surface area contributed by atoms with E-state index in [0.29, 0.717) is 23.4 Å². The van der Waals surface area contributed by atoms with Gasteiger partial charge < -0.3 is 5.32 Å². The first-order chi connectivity index (χ1) is 14.8. The number of aryl methyl sites for hydroxylation is 1. The van der Waals surface area contributed by atoms with E-state index in [4.69, 9.17) is 5.26 Å². The lowest BCUT2D eigenvalue weighted by atomic mass is 10.1. The molecule has 3 aromatic carbocycles. The monoisotopic (exact) mass is 433 g/mol. The second kappa shape index (κ2) is 9.45. The Bertz CT molecular complexity index is 1210. The molecule has 6 nitrogen and oxygen atoms in total. The van der Waals surface area contributed by atoms with Crippen LogP contribution in [0.1, 0.15) is 27.0 Å². The molecular weight excluding hydrogens is 410 g/mol. The maximum atomic E-state index is 12.5. The number of anilines is 2. The summed E-state index contributed by atoms with van der Waals surface area (Å²) < 4.78 is 26.1. The van der Waals surface area contributed by atoms with Crippen molar-refractivity contribution < 1.29 is 13.2 Å². The Balaban J connectivity index is 1.77. The number of sulfonamides is 1. The molecule has 0 fully saturated rings. The number of nitriles is 1. The van der Waals surface area contributed by atoms with Gasteiger partial charge >= 0.3 is 0 Å². The quantitative estimate of drug-likeness (QED) is 0.602. The molecule has 0 atom stereocenters. The molecule has 0 saturated carbocycles. The van der Waals surface area contributed by atoms with Crippen LogP contribution in [0.5, 0.6) is 0 Å². The van der Waals surface area contributed by atoms with Crippen molar-refractivity contribution in [3.05, 3.63) is 95.1 Å². The highest BCUT2D eigenvalue weighted by molar-refractivity contribution is 7.92. The summed E-state index contributed by atoms with van der Waals surface area (Å²) in [5.74, 6) is -0.301. The summed E-state index contributed by atoms with van der Waals surface area (Å²) in [6.07, 6.45) is 1.48. The smallest absolute Gasteiger partial charge is 0.255 e. The predicted molar refractivity (Wildman–Crippen MR) is 122 cm³/mol. The number of hydrogen-bond donors (Lipinski definition) is 1. The number of nitrogens with one attached hydrogen (secondary N) is 1. The number of nitrogens with zero attached hydrogens (tertiary/aromatic N) is 2. The fourth-order valence-electron chi connectivity index (χ4n) is 3.12. The van der Waals surface area contributed by atoms with E-state index in [2.05, 4.69) is 11.4 Å². The third kappa shape index (κ3) is 5.71. The molecule has 0 aromatic heterocycles. The second-order valence-corrected chi connectivity index (χ2v) is 9.14. The third-order valence-corrected chi connectivity index (χ3v) is 6.03. The fourth-order valence-corrected chi connectivity index (χ4v) is 4.00. The maximum Gasteiger partial charge on any atom is 0.255 e. The Kier molecular flexibility index (Phi) is 6.73. The van der Waals surface area contributed by atoms with Gasteiger partial charge in [-0.05, 0) is 60.0 Å². The second-order valence-electron chi connectivity index (χ2n) is 7.23. The summed E-state index contributed by atoms with van der Waals surface area (Å²) in [7, 11) is -3.51. The molecule has 1 N–H and O–H groups in total. The zero-order valence-corrected chi connectivity index (χ0v) is 18.2. The van der Waals surface area contributed by atoms with Crippen LogP contribution in [-0.2, 0) is 23.0 Å². The Morgan fingerprint density at radius 1 is 1.00 bits per heavy atom. The highest BCUT2D eigenvalue weighted by Crippen LogP contribution is 2.23. The molecule has 31 heavy (non-hydrogen) atoms. The molecule has 0 radical (unpaired) electrons. The summed E-state index contributed by atoms with van der Waals surface area (Å²) >= 11 is 0. The zero-order chi connectivity index (χ0) is 22.4. The third-order valence-electron chi connectivity index (χ3n) is 4.89. The lowest BCUT2D eigenvalue weighted by Gasteiger charge is -2.23. The number of carbonyl (C=O) groups excluding carboxylic acids is 1. The SMILES string of the molecule is Cc1ccccc1CN(c1ccc(C(=O)Nc2ccc(CC#N)cc2)cc1)S(C)(=O)=O. The zero-order valence-electron chi connectivity index (χ0n) is 17.4. The lowest BCUT2D eigenvalue weighted by molar-refractivity contribution is 0.102. The highest BCUT2D eigenvalue weighted by atomic mass is 32.2. The first-order valence-electron chi connectivity index (χ1n) is 9.67. The molecule has 7 heteroatoms. The van der Waals surface area contributed by atoms with E-state index in [1.54, 1.807) is 48.5 Å². The van der Waals surface area contributed by atoms with Crippen LogP contribution in [0.3, 0.4) is 0 Å². The van der Waals surface area contributed by atoms with Crippen molar-refractivity contribution >= 4 is 27.3 Å². The van der Waals surface area contributed by atoms with Crippen LogP contribution in [0, 0.1) is 18.3 Å².